The fourth-order valence-corrected chi connectivity index (χ4v) is 2.61. The third-order valence-electron chi connectivity index (χ3n) is 3.90. The summed E-state index contributed by atoms with van der Waals surface area (Å²) < 4.78 is 0. The Kier molecular flexibility index (Phi) is 5.18. The molecule has 0 saturated heterocycles. The third kappa shape index (κ3) is 4.29. The van der Waals surface area contributed by atoms with E-state index in [1.54, 1.807) is 0 Å². The standard InChI is InChI=1S/C19H21N5O/c1-3-6-15-9-11-16(12-10-15)20-18(25)13-24-22-19(21-23-24)17-8-5-4-7-14(17)2/h4-5,7-12H,3,6,13H2,1-2H3,(H,20,25). The van der Waals surface area contributed by atoms with Crippen LogP contribution in [-0.2, 0) is 17.8 Å². The molecule has 0 spiro atoms. The smallest absolute Gasteiger partial charge is 0.248 e. The first kappa shape index (κ1) is 16.8. The van der Waals surface area contributed by atoms with Gasteiger partial charge in [0.2, 0.25) is 11.7 Å². The van der Waals surface area contributed by atoms with E-state index in [2.05, 4.69) is 27.7 Å². The highest BCUT2D eigenvalue weighted by molar-refractivity contribution is 5.90. The molecule has 0 unspecified atom stereocenters. The molecule has 0 fully saturated rings. The van der Waals surface area contributed by atoms with Gasteiger partial charge >= 0.3 is 0 Å². The molecule has 0 bridgehead atoms. The van der Waals surface area contributed by atoms with Crippen LogP contribution in [0.1, 0.15) is 24.5 Å². The van der Waals surface area contributed by atoms with Crippen LogP contribution in [0.2, 0.25) is 0 Å². The Bertz CT molecular complexity index is 854. The van der Waals surface area contributed by atoms with Gasteiger partial charge in [-0.25, -0.2) is 0 Å². The quantitative estimate of drug-likeness (QED) is 0.750. The lowest BCUT2D eigenvalue weighted by molar-refractivity contribution is -0.117. The van der Waals surface area contributed by atoms with E-state index in [0.29, 0.717) is 5.82 Å². The first-order valence-corrected chi connectivity index (χ1v) is 8.38. The summed E-state index contributed by atoms with van der Waals surface area (Å²) in [6.45, 7) is 4.16. The summed E-state index contributed by atoms with van der Waals surface area (Å²) in [6, 6.07) is 15.7. The van der Waals surface area contributed by atoms with Crippen LogP contribution in [0.4, 0.5) is 5.69 Å². The summed E-state index contributed by atoms with van der Waals surface area (Å²) >= 11 is 0. The van der Waals surface area contributed by atoms with Gasteiger partial charge in [-0.2, -0.15) is 4.80 Å². The SMILES string of the molecule is CCCc1ccc(NC(=O)Cn2nnc(-c3ccccc3C)n2)cc1. The van der Waals surface area contributed by atoms with Crippen molar-refractivity contribution in [3.63, 3.8) is 0 Å². The molecule has 0 atom stereocenters. The maximum atomic E-state index is 12.2. The molecule has 6 nitrogen and oxygen atoms in total. The second-order valence-electron chi connectivity index (χ2n) is 5.95. The van der Waals surface area contributed by atoms with E-state index >= 15 is 0 Å². The minimum Gasteiger partial charge on any atom is -0.324 e. The van der Waals surface area contributed by atoms with Crippen molar-refractivity contribution >= 4 is 11.6 Å². The highest BCUT2D eigenvalue weighted by atomic mass is 16.2. The minimum absolute atomic E-state index is 0.0234. The lowest BCUT2D eigenvalue weighted by Crippen LogP contribution is -2.20. The van der Waals surface area contributed by atoms with Gasteiger partial charge in [0.15, 0.2) is 0 Å². The van der Waals surface area contributed by atoms with Crippen molar-refractivity contribution in [2.75, 3.05) is 5.32 Å². The third-order valence-corrected chi connectivity index (χ3v) is 3.90. The first-order chi connectivity index (χ1) is 12.2. The number of nitrogens with zero attached hydrogens (tertiary/aromatic N) is 4. The van der Waals surface area contributed by atoms with Crippen molar-refractivity contribution < 1.29 is 4.79 Å². The number of aryl methyl sites for hydroxylation is 2. The molecule has 128 valence electrons. The Morgan fingerprint density at radius 2 is 1.88 bits per heavy atom. The van der Waals surface area contributed by atoms with Gasteiger partial charge in [-0.3, -0.25) is 4.79 Å². The topological polar surface area (TPSA) is 72.7 Å². The summed E-state index contributed by atoms with van der Waals surface area (Å²) in [5.74, 6) is 0.340. The second kappa shape index (κ2) is 7.70. The van der Waals surface area contributed by atoms with E-state index in [4.69, 9.17) is 0 Å². The average molecular weight is 335 g/mol. The zero-order valence-electron chi connectivity index (χ0n) is 14.4. The molecular formula is C19H21N5O. The maximum absolute atomic E-state index is 12.2. The van der Waals surface area contributed by atoms with Crippen LogP contribution in [0.5, 0.6) is 0 Å². The summed E-state index contributed by atoms with van der Waals surface area (Å²) in [6.07, 6.45) is 2.14. The Labute approximate surface area is 146 Å². The van der Waals surface area contributed by atoms with Gasteiger partial charge in [-0.1, -0.05) is 49.7 Å². The molecule has 0 saturated carbocycles. The predicted molar refractivity (Wildman–Crippen MR) is 97.1 cm³/mol. The first-order valence-electron chi connectivity index (χ1n) is 8.38. The van der Waals surface area contributed by atoms with Crippen LogP contribution in [-0.4, -0.2) is 26.1 Å². The molecule has 1 aromatic heterocycles. The minimum atomic E-state index is -0.183. The molecule has 1 heterocycles. The molecule has 25 heavy (non-hydrogen) atoms. The molecule has 0 radical (unpaired) electrons. The number of carbonyl (C=O) groups is 1. The number of aromatic nitrogens is 4. The van der Waals surface area contributed by atoms with Crippen molar-refractivity contribution in [1.82, 2.24) is 20.2 Å². The summed E-state index contributed by atoms with van der Waals surface area (Å²) in [7, 11) is 0. The number of tetrazole rings is 1. The molecule has 6 heteroatoms. The van der Waals surface area contributed by atoms with Gasteiger partial charge in [0, 0.05) is 11.3 Å². The molecule has 3 rings (SSSR count). The number of hydrogen-bond donors (Lipinski definition) is 1. The van der Waals surface area contributed by atoms with Crippen LogP contribution in [0.25, 0.3) is 11.4 Å². The number of anilines is 1. The van der Waals surface area contributed by atoms with Gasteiger partial charge in [-0.05, 0) is 41.8 Å². The van der Waals surface area contributed by atoms with Gasteiger partial charge in [0.05, 0.1) is 0 Å². The molecule has 1 N–H and O–H groups in total. The monoisotopic (exact) mass is 335 g/mol. The fraction of sp³-hybridized carbons (Fsp3) is 0.263. The fourth-order valence-electron chi connectivity index (χ4n) is 2.61. The van der Waals surface area contributed by atoms with Crippen LogP contribution in [0, 0.1) is 6.92 Å². The van der Waals surface area contributed by atoms with Gasteiger partial charge in [-0.15, -0.1) is 10.2 Å². The Morgan fingerprint density at radius 3 is 2.60 bits per heavy atom. The van der Waals surface area contributed by atoms with Crippen LogP contribution >= 0.6 is 0 Å². The molecule has 3 aromatic rings. The molecule has 0 aliphatic carbocycles. The average Bonchev–Trinajstić information content (AvgIpc) is 3.05. The predicted octanol–water partition coefficient (Wildman–Crippen LogP) is 3.24. The highest BCUT2D eigenvalue weighted by Crippen LogP contribution is 2.17. The molecule has 0 aliphatic rings. The summed E-state index contributed by atoms with van der Waals surface area (Å²) in [4.78, 5) is 13.5. The lowest BCUT2D eigenvalue weighted by atomic mass is 10.1. The van der Waals surface area contributed by atoms with Crippen molar-refractivity contribution in [3.05, 3.63) is 59.7 Å². The number of nitrogens with one attached hydrogen (secondary N) is 1. The number of amides is 1. The van der Waals surface area contributed by atoms with E-state index in [1.807, 2.05) is 55.5 Å². The Balaban J connectivity index is 1.63. The van der Waals surface area contributed by atoms with Crippen molar-refractivity contribution in [2.24, 2.45) is 0 Å². The number of hydrogen-bond acceptors (Lipinski definition) is 4. The normalized spacial score (nSPS) is 10.6. The largest absolute Gasteiger partial charge is 0.324 e. The van der Waals surface area contributed by atoms with E-state index in [9.17, 15) is 4.79 Å². The van der Waals surface area contributed by atoms with Crippen molar-refractivity contribution in [1.29, 1.82) is 0 Å². The van der Waals surface area contributed by atoms with Crippen LogP contribution < -0.4 is 5.32 Å². The van der Waals surface area contributed by atoms with Gasteiger partial charge < -0.3 is 5.32 Å². The maximum Gasteiger partial charge on any atom is 0.248 e. The van der Waals surface area contributed by atoms with Crippen LogP contribution in [0.15, 0.2) is 48.5 Å². The van der Waals surface area contributed by atoms with E-state index in [-0.39, 0.29) is 12.5 Å². The number of benzene rings is 2. The number of rotatable bonds is 6. The van der Waals surface area contributed by atoms with Gasteiger partial charge in [0.1, 0.15) is 6.54 Å². The molecule has 2 aromatic carbocycles. The van der Waals surface area contributed by atoms with E-state index < -0.39 is 0 Å². The zero-order chi connectivity index (χ0) is 17.6. The second-order valence-corrected chi connectivity index (χ2v) is 5.95. The van der Waals surface area contributed by atoms with Crippen molar-refractivity contribution in [3.8, 4) is 11.4 Å². The van der Waals surface area contributed by atoms with Crippen molar-refractivity contribution in [2.45, 2.75) is 33.2 Å². The highest BCUT2D eigenvalue weighted by Gasteiger charge is 2.11. The molecule has 1 amide bonds. The Morgan fingerprint density at radius 1 is 1.12 bits per heavy atom. The zero-order valence-corrected chi connectivity index (χ0v) is 14.4. The number of carbonyl (C=O) groups excluding carboxylic acids is 1. The molecule has 0 aliphatic heterocycles. The van der Waals surface area contributed by atoms with Crippen LogP contribution in [0.3, 0.4) is 0 Å². The van der Waals surface area contributed by atoms with E-state index in [0.717, 1.165) is 29.7 Å². The Hall–Kier alpha value is -3.02. The summed E-state index contributed by atoms with van der Waals surface area (Å²) in [5.41, 5.74) is 4.02. The lowest BCUT2D eigenvalue weighted by Gasteiger charge is -2.05. The molecular weight excluding hydrogens is 314 g/mol. The van der Waals surface area contributed by atoms with E-state index in [1.165, 1.54) is 10.4 Å². The van der Waals surface area contributed by atoms with Gasteiger partial charge in [0.25, 0.3) is 0 Å². The summed E-state index contributed by atoms with van der Waals surface area (Å²) in [5, 5.41) is 15.2.